The van der Waals surface area contributed by atoms with Crippen molar-refractivity contribution >= 4 is 120 Å². The summed E-state index contributed by atoms with van der Waals surface area (Å²) in [6, 6.07) is 6.23. The van der Waals surface area contributed by atoms with E-state index in [1.807, 2.05) is 10.6 Å². The average molecular weight is 726 g/mol. The molecule has 4 rings (SSSR count). The zero-order valence-electron chi connectivity index (χ0n) is 24.4. The predicted octanol–water partition coefficient (Wildman–Crippen LogP) is -1.16. The molecule has 4 amide bonds. The number of rotatable bonds is 10. The predicted molar refractivity (Wildman–Crippen MR) is 167 cm³/mol. The molecule has 0 saturated carbocycles. The molecule has 2 aliphatic heterocycles. The topological polar surface area (TPSA) is 324 Å². The van der Waals surface area contributed by atoms with E-state index in [1.165, 1.54) is 12.1 Å². The molecule has 0 aliphatic carbocycles. The molecule has 2 aromatic carbocycles. The molecule has 0 atom stereocenters. The number of hydrogen-bond acceptors (Lipinski definition) is 14. The van der Waals surface area contributed by atoms with E-state index in [2.05, 4.69) is 21.1 Å². The fraction of sp³-hybridized carbons (Fsp3) is 0. The Morgan fingerprint density at radius 1 is 0.653 bits per heavy atom. The Morgan fingerprint density at radius 2 is 1.00 bits per heavy atom. The Bertz CT molecular complexity index is 2070. The first-order valence-electron chi connectivity index (χ1n) is 12.5. The van der Waals surface area contributed by atoms with Crippen LogP contribution in [0, 0.1) is 0 Å². The molecule has 0 spiro atoms. The molecule has 0 bridgehead atoms. The maximum absolute atomic E-state index is 12.2. The summed E-state index contributed by atoms with van der Waals surface area (Å²) in [5, 5.41) is 29.4. The van der Waals surface area contributed by atoms with Gasteiger partial charge >= 0.3 is 11.9 Å². The molecule has 0 fully saturated rings. The van der Waals surface area contributed by atoms with Crippen molar-refractivity contribution in [3.8, 4) is 0 Å². The Morgan fingerprint density at radius 3 is 1.31 bits per heavy atom. The van der Waals surface area contributed by atoms with Gasteiger partial charge < -0.3 is 10.2 Å². The van der Waals surface area contributed by atoms with Crippen LogP contribution < -0.4 is 21.5 Å². The zero-order chi connectivity index (χ0) is 35.6. The fourth-order valence-corrected chi connectivity index (χ4v) is 5.38. The van der Waals surface area contributed by atoms with Crippen LogP contribution in [0.25, 0.3) is 12.2 Å². The standard InChI is InChI=1S/C26H18N6O14S2.Na/c33-19-9-15(25(37)38)21(23(35)27-19)31-29-13-5-3-11(17(7-13)47(41,42)43)1-2-12-4-6-14(8-18(12)48(44,45)46)30-32-22-16(26(39)40)10-20(34)28-24(22)36;/h1-10,29-30H,(H,37,38)(H,39,40)(H,27,33,35)(H,28,34,36)(H,41,42,43)(H,44,45,46);/b2-1?,31-21-,32-22-;. The quantitative estimate of drug-likeness (QED) is 0.0471. The Hall–Kier alpha value is -5.36. The van der Waals surface area contributed by atoms with Crippen LogP contribution in [0.3, 0.4) is 0 Å². The summed E-state index contributed by atoms with van der Waals surface area (Å²) in [5.41, 5.74) is 0.693. The first-order chi connectivity index (χ1) is 22.3. The van der Waals surface area contributed by atoms with Gasteiger partial charge in [0.05, 0.1) is 22.5 Å². The van der Waals surface area contributed by atoms with Crippen LogP contribution in [-0.4, -0.2) is 113 Å². The van der Waals surface area contributed by atoms with Crippen LogP contribution in [0.1, 0.15) is 11.1 Å². The number of anilines is 2. The monoisotopic (exact) mass is 725 g/mol. The molecule has 1 radical (unpaired) electrons. The van der Waals surface area contributed by atoms with E-state index in [-0.39, 0.29) is 52.1 Å². The third-order valence-electron chi connectivity index (χ3n) is 6.04. The van der Waals surface area contributed by atoms with Gasteiger partial charge in [0.2, 0.25) is 0 Å². The van der Waals surface area contributed by atoms with Gasteiger partial charge in [-0.1, -0.05) is 24.3 Å². The second-order valence-electron chi connectivity index (χ2n) is 9.30. The summed E-state index contributed by atoms with van der Waals surface area (Å²) in [6.07, 6.45) is 3.28. The van der Waals surface area contributed by atoms with Gasteiger partial charge in [-0.2, -0.15) is 27.0 Å². The first kappa shape index (κ1) is 38.1. The number of carbonyl (C=O) groups is 6. The van der Waals surface area contributed by atoms with Crippen molar-refractivity contribution in [2.45, 2.75) is 9.79 Å². The fourth-order valence-electron chi connectivity index (χ4n) is 3.96. The van der Waals surface area contributed by atoms with Crippen LogP contribution in [0.15, 0.2) is 79.7 Å². The molecule has 20 nitrogen and oxygen atoms in total. The minimum atomic E-state index is -4.99. The van der Waals surface area contributed by atoms with E-state index < -0.39 is 88.2 Å². The molecule has 8 N–H and O–H groups in total. The van der Waals surface area contributed by atoms with Crippen molar-refractivity contribution in [2.24, 2.45) is 10.2 Å². The summed E-state index contributed by atoms with van der Waals surface area (Å²) in [7, 11) is -9.98. The summed E-state index contributed by atoms with van der Waals surface area (Å²) >= 11 is 0. The number of hydrogen-bond donors (Lipinski definition) is 8. The van der Waals surface area contributed by atoms with Crippen molar-refractivity contribution < 1.29 is 64.9 Å². The summed E-state index contributed by atoms with van der Waals surface area (Å²) in [6.45, 7) is 0. The van der Waals surface area contributed by atoms with Gasteiger partial charge in [0.15, 0.2) is 11.4 Å². The van der Waals surface area contributed by atoms with E-state index in [9.17, 15) is 64.9 Å². The summed E-state index contributed by atoms with van der Waals surface area (Å²) < 4.78 is 68.2. The van der Waals surface area contributed by atoms with Gasteiger partial charge in [-0.3, -0.25) is 49.8 Å². The van der Waals surface area contributed by atoms with Gasteiger partial charge in [-0.05, 0) is 35.4 Å². The maximum atomic E-state index is 12.2. The Labute approximate surface area is 296 Å². The molecule has 0 saturated heterocycles. The third kappa shape index (κ3) is 9.17. The van der Waals surface area contributed by atoms with E-state index in [1.54, 1.807) is 0 Å². The minimum absolute atomic E-state index is 0. The molecule has 0 aromatic heterocycles. The van der Waals surface area contributed by atoms with Crippen LogP contribution in [0.5, 0.6) is 0 Å². The molecule has 249 valence electrons. The molecule has 2 heterocycles. The van der Waals surface area contributed by atoms with E-state index in [0.717, 1.165) is 36.4 Å². The first-order valence-corrected chi connectivity index (χ1v) is 15.4. The maximum Gasteiger partial charge on any atom is 0.338 e. The Kier molecular flexibility index (Phi) is 11.5. The van der Waals surface area contributed by atoms with Crippen molar-refractivity contribution in [3.63, 3.8) is 0 Å². The van der Waals surface area contributed by atoms with E-state index >= 15 is 0 Å². The number of benzene rings is 2. The van der Waals surface area contributed by atoms with Crippen molar-refractivity contribution in [1.82, 2.24) is 10.6 Å². The number of hydrazone groups is 2. The SMILES string of the molecule is O=C1C=C(C(=O)O)/C(=N/Nc2ccc(C=Cc3ccc(N/N=C4\C(=O)NC(=O)C=C4C(=O)O)cc3S(=O)(=O)O)c(S(=O)(=O)O)c2)C(=O)N1.[Na]. The molecule has 0 unspecified atom stereocenters. The van der Waals surface area contributed by atoms with Gasteiger partial charge in [-0.25, -0.2) is 9.59 Å². The molecule has 49 heavy (non-hydrogen) atoms. The minimum Gasteiger partial charge on any atom is -0.478 e. The number of carbonyl (C=O) groups excluding carboxylic acids is 4. The van der Waals surface area contributed by atoms with Gasteiger partial charge in [0.25, 0.3) is 43.9 Å². The molecule has 23 heteroatoms. The summed E-state index contributed by atoms with van der Waals surface area (Å²) in [4.78, 5) is 68.3. The normalized spacial score (nSPS) is 16.8. The molecule has 2 aliphatic rings. The van der Waals surface area contributed by atoms with Crippen LogP contribution in [0.4, 0.5) is 11.4 Å². The third-order valence-corrected chi connectivity index (χ3v) is 7.86. The largest absolute Gasteiger partial charge is 0.478 e. The summed E-state index contributed by atoms with van der Waals surface area (Å²) in [5.74, 6) is -7.64. The Balaban J connectivity index is 0.00000650. The number of aliphatic carboxylic acids is 2. The number of nitrogens with one attached hydrogen (secondary N) is 4. The molecular weight excluding hydrogens is 707 g/mol. The van der Waals surface area contributed by atoms with Crippen molar-refractivity contribution in [2.75, 3.05) is 10.9 Å². The number of nitrogens with zero attached hydrogens (tertiary/aromatic N) is 2. The zero-order valence-corrected chi connectivity index (χ0v) is 28.0. The van der Waals surface area contributed by atoms with Gasteiger partial charge in [0.1, 0.15) is 9.79 Å². The second-order valence-corrected chi connectivity index (χ2v) is 12.1. The molecular formula is C26H18N6NaO14S2. The van der Waals surface area contributed by atoms with Crippen molar-refractivity contribution in [1.29, 1.82) is 0 Å². The van der Waals surface area contributed by atoms with Crippen molar-refractivity contribution in [3.05, 3.63) is 70.8 Å². The van der Waals surface area contributed by atoms with Crippen LogP contribution in [-0.2, 0) is 49.0 Å². The second kappa shape index (κ2) is 14.8. The smallest absolute Gasteiger partial charge is 0.338 e. The van der Waals surface area contributed by atoms with Crippen LogP contribution in [0.2, 0.25) is 0 Å². The number of amides is 4. The number of carboxylic acid groups (broad SMARTS) is 2. The molecule has 2 aromatic rings. The van der Waals surface area contributed by atoms with Gasteiger partial charge in [0, 0.05) is 41.7 Å². The van der Waals surface area contributed by atoms with E-state index in [0.29, 0.717) is 12.2 Å². The number of imide groups is 2. The van der Waals surface area contributed by atoms with Gasteiger partial charge in [-0.15, -0.1) is 0 Å². The van der Waals surface area contributed by atoms with Crippen LogP contribution >= 0.6 is 0 Å². The number of carboxylic acids is 2. The van der Waals surface area contributed by atoms with E-state index in [4.69, 9.17) is 0 Å². The average Bonchev–Trinajstić information content (AvgIpc) is 2.97.